The Hall–Kier alpha value is -1.82. The molecule has 4 nitrogen and oxygen atoms in total. The van der Waals surface area contributed by atoms with Gasteiger partial charge in [-0.2, -0.15) is 79.0 Å². The van der Waals surface area contributed by atoms with E-state index in [1.807, 2.05) is 0 Å². The van der Waals surface area contributed by atoms with Gasteiger partial charge in [0, 0.05) is 0 Å². The molecular formula is C14H8F20O4. The van der Waals surface area contributed by atoms with Gasteiger partial charge in [0.15, 0.2) is 0 Å². The Morgan fingerprint density at radius 3 is 0.895 bits per heavy atom. The molecular weight excluding hydrogens is 612 g/mol. The zero-order valence-electron chi connectivity index (χ0n) is 16.9. The Balaban J connectivity index is 4.97. The molecule has 0 aromatic heterocycles. The molecule has 0 spiro atoms. The summed E-state index contributed by atoms with van der Waals surface area (Å²) in [5, 5.41) is 0. The summed E-state index contributed by atoms with van der Waals surface area (Å²) < 4.78 is 261. The van der Waals surface area contributed by atoms with E-state index in [4.69, 9.17) is 0 Å². The third-order valence-corrected chi connectivity index (χ3v) is 3.39. The summed E-state index contributed by atoms with van der Waals surface area (Å²) in [6.07, 6.45) is -49.5. The highest BCUT2D eigenvalue weighted by Gasteiger charge is 2.77. The summed E-state index contributed by atoms with van der Waals surface area (Å²) in [5.41, 5.74) is 0. The van der Waals surface area contributed by atoms with Crippen molar-refractivity contribution in [2.24, 2.45) is 0 Å². The van der Waals surface area contributed by atoms with Crippen LogP contribution >= 0.6 is 0 Å². The number of hydrogen-bond acceptors (Lipinski definition) is 4. The number of rotatable bonds is 14. The summed E-state index contributed by atoms with van der Waals surface area (Å²) in [5.74, 6) is -14.3. The smallest absolute Gasteiger partial charge is 0.312 e. The van der Waals surface area contributed by atoms with Gasteiger partial charge >= 0.3 is 48.6 Å². The van der Waals surface area contributed by atoms with Crippen molar-refractivity contribution < 1.29 is 107 Å². The highest BCUT2D eigenvalue weighted by molar-refractivity contribution is 4.87. The standard InChI is InChI=1S/C14H8F20O4/c15-5(37-13(31,32)9(21,22)11(25,26)27)7(17,18)35-3-1-2-4-36-8(19,20)6(16)38-14(33,34)10(23,24)12(28,29)30/h1-2,5-6H,3-4H2/b2-1+. The van der Waals surface area contributed by atoms with E-state index in [9.17, 15) is 87.8 Å². The maximum absolute atomic E-state index is 13.1. The molecule has 24 heteroatoms. The molecule has 0 aliphatic carbocycles. The molecule has 2 unspecified atom stereocenters. The SMILES string of the molecule is FC(OC(F)(F)C(F)(F)C(F)(F)F)C(F)(F)OC/C=C/COC(F)(F)C(F)OC(F)(F)C(F)(F)C(F)(F)F. The molecule has 228 valence electrons. The lowest BCUT2D eigenvalue weighted by Crippen LogP contribution is -2.56. The molecule has 0 bridgehead atoms. The molecule has 0 fully saturated rings. The maximum atomic E-state index is 13.1. The van der Waals surface area contributed by atoms with E-state index in [1.165, 1.54) is 0 Å². The predicted molar refractivity (Wildman–Crippen MR) is 74.8 cm³/mol. The first-order valence-electron chi connectivity index (χ1n) is 8.43. The number of alkyl halides is 20. The van der Waals surface area contributed by atoms with Crippen molar-refractivity contribution in [2.75, 3.05) is 13.2 Å². The van der Waals surface area contributed by atoms with Crippen LogP contribution in [0.1, 0.15) is 0 Å². The molecule has 0 aromatic rings. The minimum atomic E-state index is -7.17. The average Bonchev–Trinajstić information content (AvgIpc) is 2.67. The topological polar surface area (TPSA) is 36.9 Å². The highest BCUT2D eigenvalue weighted by Crippen LogP contribution is 2.49. The first-order valence-corrected chi connectivity index (χ1v) is 8.43. The monoisotopic (exact) mass is 620 g/mol. The second-order valence-electron chi connectivity index (χ2n) is 6.26. The molecule has 0 radical (unpaired) electrons. The molecule has 0 amide bonds. The van der Waals surface area contributed by atoms with Crippen LogP contribution in [0.2, 0.25) is 0 Å². The van der Waals surface area contributed by atoms with Gasteiger partial charge in [0.05, 0.1) is 13.2 Å². The van der Waals surface area contributed by atoms with Gasteiger partial charge in [-0.3, -0.25) is 9.47 Å². The van der Waals surface area contributed by atoms with Crippen LogP contribution in [0.4, 0.5) is 87.8 Å². The van der Waals surface area contributed by atoms with E-state index in [1.54, 1.807) is 0 Å². The van der Waals surface area contributed by atoms with Gasteiger partial charge < -0.3 is 9.47 Å². The molecule has 0 heterocycles. The lowest BCUT2D eigenvalue weighted by molar-refractivity contribution is -0.465. The summed E-state index contributed by atoms with van der Waals surface area (Å²) in [4.78, 5) is 0. The van der Waals surface area contributed by atoms with Crippen LogP contribution in [0, 0.1) is 0 Å². The van der Waals surface area contributed by atoms with E-state index in [2.05, 4.69) is 18.9 Å². The Morgan fingerprint density at radius 1 is 0.447 bits per heavy atom. The summed E-state index contributed by atoms with van der Waals surface area (Å²) in [6.45, 7) is -3.64. The molecule has 0 saturated carbocycles. The number of halogens is 20. The first-order chi connectivity index (χ1) is 16.5. The van der Waals surface area contributed by atoms with Gasteiger partial charge in [-0.05, 0) is 0 Å². The van der Waals surface area contributed by atoms with Gasteiger partial charge in [0.25, 0.3) is 12.7 Å². The van der Waals surface area contributed by atoms with Gasteiger partial charge in [0.2, 0.25) is 0 Å². The van der Waals surface area contributed by atoms with Crippen molar-refractivity contribution in [1.29, 1.82) is 0 Å². The van der Waals surface area contributed by atoms with Crippen molar-refractivity contribution in [3.05, 3.63) is 12.2 Å². The zero-order chi connectivity index (χ0) is 30.8. The summed E-state index contributed by atoms with van der Waals surface area (Å²) >= 11 is 0. The Labute approximate surface area is 195 Å². The van der Waals surface area contributed by atoms with Crippen molar-refractivity contribution in [3.63, 3.8) is 0 Å². The van der Waals surface area contributed by atoms with E-state index in [0.29, 0.717) is 0 Å². The highest BCUT2D eigenvalue weighted by atomic mass is 19.4. The average molecular weight is 620 g/mol. The van der Waals surface area contributed by atoms with E-state index in [-0.39, 0.29) is 12.2 Å². The van der Waals surface area contributed by atoms with Gasteiger partial charge in [-0.25, -0.2) is 8.78 Å². The normalized spacial score (nSPS) is 17.3. The summed E-state index contributed by atoms with van der Waals surface area (Å²) in [7, 11) is 0. The van der Waals surface area contributed by atoms with Crippen molar-refractivity contribution in [2.45, 2.75) is 61.3 Å². The molecule has 0 aliphatic rings. The Kier molecular flexibility index (Phi) is 10.8. The third kappa shape index (κ3) is 8.34. The van der Waals surface area contributed by atoms with Crippen LogP contribution in [0.3, 0.4) is 0 Å². The van der Waals surface area contributed by atoms with Crippen LogP contribution in [-0.4, -0.2) is 74.6 Å². The maximum Gasteiger partial charge on any atom is 0.462 e. The second-order valence-corrected chi connectivity index (χ2v) is 6.26. The predicted octanol–water partition coefficient (Wildman–Crippen LogP) is 6.97. The molecule has 2 atom stereocenters. The third-order valence-electron chi connectivity index (χ3n) is 3.39. The summed E-state index contributed by atoms with van der Waals surface area (Å²) in [6, 6.07) is 0. The largest absolute Gasteiger partial charge is 0.462 e. The lowest BCUT2D eigenvalue weighted by atomic mass is 10.3. The molecule has 0 N–H and O–H groups in total. The number of hydrogen-bond donors (Lipinski definition) is 0. The van der Waals surface area contributed by atoms with Gasteiger partial charge in [-0.15, -0.1) is 0 Å². The molecule has 0 aliphatic heterocycles. The number of ether oxygens (including phenoxy) is 4. The van der Waals surface area contributed by atoms with Crippen molar-refractivity contribution in [3.8, 4) is 0 Å². The zero-order valence-corrected chi connectivity index (χ0v) is 16.9. The fourth-order valence-corrected chi connectivity index (χ4v) is 1.46. The minimum Gasteiger partial charge on any atom is -0.312 e. The van der Waals surface area contributed by atoms with E-state index >= 15 is 0 Å². The first kappa shape index (κ1) is 36.2. The van der Waals surface area contributed by atoms with Gasteiger partial charge in [-0.1, -0.05) is 12.2 Å². The Bertz CT molecular complexity index is 724. The molecule has 0 rings (SSSR count). The van der Waals surface area contributed by atoms with Crippen molar-refractivity contribution >= 4 is 0 Å². The van der Waals surface area contributed by atoms with Crippen LogP contribution in [-0.2, 0) is 18.9 Å². The quantitative estimate of drug-likeness (QED) is 0.156. The minimum absolute atomic E-state index is 0.000323. The van der Waals surface area contributed by atoms with Gasteiger partial charge in [0.1, 0.15) is 0 Å². The van der Waals surface area contributed by atoms with E-state index in [0.717, 1.165) is 0 Å². The van der Waals surface area contributed by atoms with Crippen LogP contribution in [0.25, 0.3) is 0 Å². The molecule has 38 heavy (non-hydrogen) atoms. The molecule has 0 saturated heterocycles. The lowest BCUT2D eigenvalue weighted by Gasteiger charge is -2.30. The van der Waals surface area contributed by atoms with E-state index < -0.39 is 74.6 Å². The molecule has 0 aromatic carbocycles. The Morgan fingerprint density at radius 2 is 0.684 bits per heavy atom. The van der Waals surface area contributed by atoms with Crippen molar-refractivity contribution in [1.82, 2.24) is 0 Å². The fraction of sp³-hybridized carbons (Fsp3) is 0.857. The van der Waals surface area contributed by atoms with Crippen LogP contribution in [0.15, 0.2) is 12.2 Å². The second kappa shape index (κ2) is 11.3. The van der Waals surface area contributed by atoms with Crippen LogP contribution in [0.5, 0.6) is 0 Å². The van der Waals surface area contributed by atoms with Crippen LogP contribution < -0.4 is 0 Å². The fourth-order valence-electron chi connectivity index (χ4n) is 1.46.